The fourth-order valence-corrected chi connectivity index (χ4v) is 1.84. The standard InChI is InChI=1S/C15H16F2N2O2/c1-2-3-4-5-13(15(18)21)19-14(20)8-10-6-11(16)9-12(17)7-10/h1,6-7,9,13H,3-5,8H2,(H2,18,21)(H,19,20)/t13-/m0/s1. The lowest BCUT2D eigenvalue weighted by atomic mass is 10.1. The van der Waals surface area contributed by atoms with Crippen molar-refractivity contribution in [1.82, 2.24) is 5.32 Å². The SMILES string of the molecule is C#CCCC[C@H](NC(=O)Cc1cc(F)cc(F)c1)C(N)=O. The van der Waals surface area contributed by atoms with Crippen molar-refractivity contribution in [2.75, 3.05) is 0 Å². The van der Waals surface area contributed by atoms with Gasteiger partial charge >= 0.3 is 0 Å². The van der Waals surface area contributed by atoms with Crippen LogP contribution < -0.4 is 11.1 Å². The summed E-state index contributed by atoms with van der Waals surface area (Å²) in [7, 11) is 0. The van der Waals surface area contributed by atoms with Crippen LogP contribution >= 0.6 is 0 Å². The lowest BCUT2D eigenvalue weighted by Gasteiger charge is -2.15. The Morgan fingerprint density at radius 1 is 1.29 bits per heavy atom. The normalized spacial score (nSPS) is 11.5. The maximum atomic E-state index is 13.0. The van der Waals surface area contributed by atoms with E-state index < -0.39 is 29.5 Å². The van der Waals surface area contributed by atoms with Crippen molar-refractivity contribution in [2.45, 2.75) is 31.7 Å². The molecule has 0 unspecified atom stereocenters. The molecule has 0 bridgehead atoms. The smallest absolute Gasteiger partial charge is 0.240 e. The van der Waals surface area contributed by atoms with Gasteiger partial charge in [-0.25, -0.2) is 8.78 Å². The predicted molar refractivity (Wildman–Crippen MR) is 73.9 cm³/mol. The minimum Gasteiger partial charge on any atom is -0.368 e. The summed E-state index contributed by atoms with van der Waals surface area (Å²) in [4.78, 5) is 23.0. The number of primary amides is 1. The topological polar surface area (TPSA) is 72.2 Å². The Hall–Kier alpha value is -2.42. The van der Waals surface area contributed by atoms with Gasteiger partial charge in [-0.15, -0.1) is 12.3 Å². The molecule has 3 N–H and O–H groups in total. The highest BCUT2D eigenvalue weighted by Gasteiger charge is 2.17. The van der Waals surface area contributed by atoms with Crippen molar-refractivity contribution in [3.63, 3.8) is 0 Å². The Kier molecular flexibility index (Phi) is 6.34. The highest BCUT2D eigenvalue weighted by atomic mass is 19.1. The Morgan fingerprint density at radius 3 is 2.43 bits per heavy atom. The van der Waals surface area contributed by atoms with E-state index in [1.807, 2.05) is 0 Å². The second-order valence-corrected chi connectivity index (χ2v) is 4.57. The average molecular weight is 294 g/mol. The summed E-state index contributed by atoms with van der Waals surface area (Å²) in [6.45, 7) is 0. The van der Waals surface area contributed by atoms with Gasteiger partial charge in [0.05, 0.1) is 6.42 Å². The fraction of sp³-hybridized carbons (Fsp3) is 0.333. The predicted octanol–water partition coefficient (Wildman–Crippen LogP) is 1.28. The third kappa shape index (κ3) is 6.04. The van der Waals surface area contributed by atoms with Crippen LogP contribution in [-0.4, -0.2) is 17.9 Å². The van der Waals surface area contributed by atoms with Crippen LogP contribution in [0.5, 0.6) is 0 Å². The summed E-state index contributed by atoms with van der Waals surface area (Å²) in [5, 5.41) is 2.44. The minimum atomic E-state index is -0.843. The maximum Gasteiger partial charge on any atom is 0.240 e. The van der Waals surface area contributed by atoms with Gasteiger partial charge in [-0.05, 0) is 30.5 Å². The molecule has 6 heteroatoms. The van der Waals surface area contributed by atoms with Crippen molar-refractivity contribution in [3.8, 4) is 12.3 Å². The highest BCUT2D eigenvalue weighted by molar-refractivity contribution is 5.87. The molecule has 0 radical (unpaired) electrons. The molecule has 0 aliphatic heterocycles. The summed E-state index contributed by atoms with van der Waals surface area (Å²) < 4.78 is 26.0. The number of benzene rings is 1. The van der Waals surface area contributed by atoms with Gasteiger partial charge in [0, 0.05) is 12.5 Å². The first-order chi connectivity index (χ1) is 9.92. The van der Waals surface area contributed by atoms with Gasteiger partial charge < -0.3 is 11.1 Å². The fourth-order valence-electron chi connectivity index (χ4n) is 1.84. The van der Waals surface area contributed by atoms with E-state index in [0.717, 1.165) is 12.1 Å². The van der Waals surface area contributed by atoms with Gasteiger partial charge in [0.15, 0.2) is 0 Å². The summed E-state index contributed by atoms with van der Waals surface area (Å²) in [5.41, 5.74) is 5.36. The highest BCUT2D eigenvalue weighted by Crippen LogP contribution is 2.09. The van der Waals surface area contributed by atoms with Gasteiger partial charge in [-0.2, -0.15) is 0 Å². The number of nitrogens with one attached hydrogen (secondary N) is 1. The molecule has 0 heterocycles. The average Bonchev–Trinajstić information content (AvgIpc) is 2.36. The molecule has 0 saturated carbocycles. The summed E-state index contributed by atoms with van der Waals surface area (Å²) in [6, 6.07) is 1.98. The summed E-state index contributed by atoms with van der Waals surface area (Å²) in [5.74, 6) is -0.324. The van der Waals surface area contributed by atoms with E-state index in [1.54, 1.807) is 0 Å². The first kappa shape index (κ1) is 16.6. The number of amides is 2. The Labute approximate surface area is 121 Å². The molecule has 0 saturated heterocycles. The van der Waals surface area contributed by atoms with E-state index in [-0.39, 0.29) is 12.0 Å². The number of carbonyl (C=O) groups is 2. The van der Waals surface area contributed by atoms with E-state index in [4.69, 9.17) is 12.2 Å². The Bertz CT molecular complexity index is 547. The number of unbranched alkanes of at least 4 members (excludes halogenated alkanes) is 1. The zero-order valence-electron chi connectivity index (χ0n) is 11.4. The van der Waals surface area contributed by atoms with Crippen molar-refractivity contribution >= 4 is 11.8 Å². The van der Waals surface area contributed by atoms with Gasteiger partial charge in [-0.1, -0.05) is 0 Å². The maximum absolute atomic E-state index is 13.0. The van der Waals surface area contributed by atoms with E-state index in [9.17, 15) is 18.4 Å². The lowest BCUT2D eigenvalue weighted by molar-refractivity contribution is -0.127. The molecule has 0 spiro atoms. The van der Waals surface area contributed by atoms with Crippen LogP contribution in [0.2, 0.25) is 0 Å². The number of rotatable bonds is 7. The first-order valence-electron chi connectivity index (χ1n) is 6.39. The molecule has 1 atom stereocenters. The van der Waals surface area contributed by atoms with E-state index >= 15 is 0 Å². The van der Waals surface area contributed by atoms with Crippen LogP contribution in [-0.2, 0) is 16.0 Å². The molecule has 4 nitrogen and oxygen atoms in total. The van der Waals surface area contributed by atoms with Gasteiger partial charge in [0.2, 0.25) is 11.8 Å². The third-order valence-corrected chi connectivity index (χ3v) is 2.78. The van der Waals surface area contributed by atoms with Crippen molar-refractivity contribution < 1.29 is 18.4 Å². The Morgan fingerprint density at radius 2 is 1.90 bits per heavy atom. The molecule has 1 rings (SSSR count). The number of hydrogen-bond donors (Lipinski definition) is 2. The van der Waals surface area contributed by atoms with Gasteiger partial charge in [0.1, 0.15) is 17.7 Å². The van der Waals surface area contributed by atoms with E-state index in [1.165, 1.54) is 0 Å². The molecule has 2 amide bonds. The molecule has 0 aliphatic carbocycles. The third-order valence-electron chi connectivity index (χ3n) is 2.78. The summed E-state index contributed by atoms with van der Waals surface area (Å²) >= 11 is 0. The summed E-state index contributed by atoms with van der Waals surface area (Å²) in [6.07, 6.45) is 6.19. The van der Waals surface area contributed by atoms with E-state index in [2.05, 4.69) is 11.2 Å². The molecule has 112 valence electrons. The van der Waals surface area contributed by atoms with Crippen LogP contribution in [0.1, 0.15) is 24.8 Å². The minimum absolute atomic E-state index is 0.178. The number of nitrogens with two attached hydrogens (primary N) is 1. The van der Waals surface area contributed by atoms with Crippen molar-refractivity contribution in [2.24, 2.45) is 5.73 Å². The second-order valence-electron chi connectivity index (χ2n) is 4.57. The van der Waals surface area contributed by atoms with Crippen LogP contribution in [0.4, 0.5) is 8.78 Å². The molecule has 1 aromatic carbocycles. The van der Waals surface area contributed by atoms with Crippen molar-refractivity contribution in [1.29, 1.82) is 0 Å². The van der Waals surface area contributed by atoms with Crippen LogP contribution in [0.25, 0.3) is 0 Å². The molecule has 1 aromatic rings. The molecular weight excluding hydrogens is 278 g/mol. The van der Waals surface area contributed by atoms with Gasteiger partial charge in [-0.3, -0.25) is 9.59 Å². The number of halogens is 2. The number of terminal acetylenes is 1. The Balaban J connectivity index is 2.61. The molecule has 0 aliphatic rings. The van der Waals surface area contributed by atoms with Crippen LogP contribution in [0.15, 0.2) is 18.2 Å². The zero-order valence-corrected chi connectivity index (χ0v) is 11.4. The molecule has 21 heavy (non-hydrogen) atoms. The van der Waals surface area contributed by atoms with E-state index in [0.29, 0.717) is 25.3 Å². The second kappa shape index (κ2) is 8.00. The monoisotopic (exact) mass is 294 g/mol. The quantitative estimate of drug-likeness (QED) is 0.587. The van der Waals surface area contributed by atoms with Gasteiger partial charge in [0.25, 0.3) is 0 Å². The number of hydrogen-bond acceptors (Lipinski definition) is 2. The number of carbonyl (C=O) groups excluding carboxylic acids is 2. The lowest BCUT2D eigenvalue weighted by Crippen LogP contribution is -2.44. The van der Waals surface area contributed by atoms with Crippen molar-refractivity contribution in [3.05, 3.63) is 35.4 Å². The zero-order chi connectivity index (χ0) is 15.8. The first-order valence-corrected chi connectivity index (χ1v) is 6.39. The van der Waals surface area contributed by atoms with Crippen LogP contribution in [0, 0.1) is 24.0 Å². The molecule has 0 aromatic heterocycles. The van der Waals surface area contributed by atoms with Crippen LogP contribution in [0.3, 0.4) is 0 Å². The largest absolute Gasteiger partial charge is 0.368 e. The molecular formula is C15H16F2N2O2. The molecule has 0 fully saturated rings.